The lowest BCUT2D eigenvalue weighted by Gasteiger charge is -2.51. The van der Waals surface area contributed by atoms with Crippen molar-refractivity contribution in [2.45, 2.75) is 67.6 Å². The Morgan fingerprint density at radius 1 is 1.14 bits per heavy atom. The molecule has 4 rings (SSSR count). The molecule has 9 heteroatoms. The molecule has 1 atom stereocenters. The zero-order valence-electron chi connectivity index (χ0n) is 16.6. The molecule has 0 aliphatic heterocycles. The average molecular weight is 421 g/mol. The second-order valence-corrected chi connectivity index (χ2v) is 9.25. The number of carbonyl (C=O) groups excluding carboxylic acids is 1. The summed E-state index contributed by atoms with van der Waals surface area (Å²) in [6.45, 7) is 0.363. The molecular weight excluding hydrogens is 391 g/mol. The largest absolute Gasteiger partial charge is 0.475 e. The second-order valence-electron chi connectivity index (χ2n) is 8.45. The molecule has 0 radical (unpaired) electrons. The van der Waals surface area contributed by atoms with Gasteiger partial charge in [-0.25, -0.2) is 0 Å². The number of nitrogens with one attached hydrogen (secondary N) is 1. The van der Waals surface area contributed by atoms with Crippen LogP contribution in [-0.2, 0) is 5.41 Å². The van der Waals surface area contributed by atoms with E-state index in [0.717, 1.165) is 38.5 Å². The minimum absolute atomic E-state index is 0.00288. The third-order valence-electron chi connectivity index (χ3n) is 6.56. The number of fused-ring (bicyclic) bond motifs is 3. The Balaban J connectivity index is 1.60. The average Bonchev–Trinajstić information content (AvgIpc) is 2.70. The highest BCUT2D eigenvalue weighted by Crippen LogP contribution is 2.56. The highest BCUT2D eigenvalue weighted by Gasteiger charge is 2.48. The van der Waals surface area contributed by atoms with Crippen LogP contribution in [0, 0.1) is 0 Å². The van der Waals surface area contributed by atoms with Gasteiger partial charge in [-0.05, 0) is 74.5 Å². The SMILES string of the molecule is NC(N)=NCCC[C@H](NC(=O)c1ccc(C23CCC(Cl)(CC2)CC3)cc1)B(O)O. The Labute approximate surface area is 177 Å². The first-order chi connectivity index (χ1) is 13.7. The van der Waals surface area contributed by atoms with E-state index in [2.05, 4.69) is 10.3 Å². The summed E-state index contributed by atoms with van der Waals surface area (Å²) in [7, 11) is -1.66. The van der Waals surface area contributed by atoms with Crippen LogP contribution in [0.1, 0.15) is 67.3 Å². The number of aliphatic imine (C=N–C) groups is 1. The number of carbonyl (C=O) groups is 1. The summed E-state index contributed by atoms with van der Waals surface area (Å²) in [5.41, 5.74) is 12.5. The third-order valence-corrected chi connectivity index (χ3v) is 7.13. The Bertz CT molecular complexity index is 728. The van der Waals surface area contributed by atoms with Crippen LogP contribution in [0.3, 0.4) is 0 Å². The van der Waals surface area contributed by atoms with E-state index < -0.39 is 13.1 Å². The fourth-order valence-electron chi connectivity index (χ4n) is 4.61. The molecule has 7 nitrogen and oxygen atoms in total. The third kappa shape index (κ3) is 5.24. The number of nitrogens with zero attached hydrogens (tertiary/aromatic N) is 1. The molecule has 1 aromatic carbocycles. The first-order valence-corrected chi connectivity index (χ1v) is 10.6. The highest BCUT2D eigenvalue weighted by molar-refractivity contribution is 6.43. The topological polar surface area (TPSA) is 134 Å². The molecule has 158 valence electrons. The number of nitrogens with two attached hydrogens (primary N) is 2. The Kier molecular flexibility index (Phi) is 6.76. The van der Waals surface area contributed by atoms with E-state index >= 15 is 0 Å². The molecule has 0 aromatic heterocycles. The molecule has 1 amide bonds. The molecule has 3 aliphatic rings. The summed E-state index contributed by atoms with van der Waals surface area (Å²) in [6.07, 6.45) is 7.29. The zero-order valence-corrected chi connectivity index (χ0v) is 17.4. The predicted octanol–water partition coefficient (Wildman–Crippen LogP) is 1.43. The highest BCUT2D eigenvalue weighted by atomic mass is 35.5. The van der Waals surface area contributed by atoms with Crippen LogP contribution >= 0.6 is 11.6 Å². The summed E-state index contributed by atoms with van der Waals surface area (Å²) in [4.78, 5) is 16.4. The van der Waals surface area contributed by atoms with Crippen molar-refractivity contribution < 1.29 is 14.8 Å². The van der Waals surface area contributed by atoms with Crippen molar-refractivity contribution in [2.75, 3.05) is 6.54 Å². The number of rotatable bonds is 8. The van der Waals surface area contributed by atoms with E-state index in [1.54, 1.807) is 0 Å². The van der Waals surface area contributed by atoms with Gasteiger partial charge in [0.05, 0.1) is 5.94 Å². The first kappa shape index (κ1) is 21.9. The van der Waals surface area contributed by atoms with Crippen LogP contribution in [-0.4, -0.2) is 46.4 Å². The van der Waals surface area contributed by atoms with E-state index in [9.17, 15) is 14.8 Å². The van der Waals surface area contributed by atoms with Crippen LogP contribution in [0.25, 0.3) is 0 Å². The van der Waals surface area contributed by atoms with Crippen LogP contribution in [0.4, 0.5) is 0 Å². The van der Waals surface area contributed by atoms with Crippen LogP contribution in [0.5, 0.6) is 0 Å². The van der Waals surface area contributed by atoms with Gasteiger partial charge in [0.15, 0.2) is 5.96 Å². The van der Waals surface area contributed by atoms with Crippen molar-refractivity contribution in [3.05, 3.63) is 35.4 Å². The van der Waals surface area contributed by atoms with Gasteiger partial charge in [0, 0.05) is 17.0 Å². The molecule has 3 saturated carbocycles. The van der Waals surface area contributed by atoms with Gasteiger partial charge in [-0.2, -0.15) is 0 Å². The van der Waals surface area contributed by atoms with Gasteiger partial charge in [0.2, 0.25) is 0 Å². The van der Waals surface area contributed by atoms with E-state index in [4.69, 9.17) is 23.1 Å². The maximum atomic E-state index is 12.6. The predicted molar refractivity (Wildman–Crippen MR) is 116 cm³/mol. The number of hydrogen-bond donors (Lipinski definition) is 5. The van der Waals surface area contributed by atoms with Gasteiger partial charge in [-0.15, -0.1) is 11.6 Å². The lowest BCUT2D eigenvalue weighted by atomic mass is 9.57. The van der Waals surface area contributed by atoms with Gasteiger partial charge in [-0.3, -0.25) is 9.79 Å². The number of guanidine groups is 1. The summed E-state index contributed by atoms with van der Waals surface area (Å²) < 4.78 is 0. The molecule has 2 bridgehead atoms. The van der Waals surface area contributed by atoms with Crippen molar-refractivity contribution in [1.82, 2.24) is 5.32 Å². The van der Waals surface area contributed by atoms with Crippen molar-refractivity contribution in [2.24, 2.45) is 16.5 Å². The van der Waals surface area contributed by atoms with Gasteiger partial charge >= 0.3 is 7.12 Å². The quantitative estimate of drug-likeness (QED) is 0.143. The molecule has 0 unspecified atom stereocenters. The first-order valence-electron chi connectivity index (χ1n) is 10.2. The van der Waals surface area contributed by atoms with E-state index in [0.29, 0.717) is 24.9 Å². The van der Waals surface area contributed by atoms with Crippen molar-refractivity contribution >= 4 is 30.6 Å². The van der Waals surface area contributed by atoms with Crippen LogP contribution < -0.4 is 16.8 Å². The van der Waals surface area contributed by atoms with Gasteiger partial charge in [0.25, 0.3) is 5.91 Å². The molecule has 0 heterocycles. The molecule has 29 heavy (non-hydrogen) atoms. The van der Waals surface area contributed by atoms with E-state index in [1.165, 1.54) is 5.56 Å². The fraction of sp³-hybridized carbons (Fsp3) is 0.600. The zero-order chi connectivity index (χ0) is 21.1. The lowest BCUT2D eigenvalue weighted by Crippen LogP contribution is -2.46. The molecule has 0 saturated heterocycles. The Hall–Kier alpha value is -1.77. The molecule has 7 N–H and O–H groups in total. The minimum Gasteiger partial charge on any atom is -0.426 e. The number of alkyl halides is 1. The molecule has 3 fully saturated rings. The second kappa shape index (κ2) is 8.94. The Morgan fingerprint density at radius 3 is 2.24 bits per heavy atom. The summed E-state index contributed by atoms with van der Waals surface area (Å²) >= 11 is 6.64. The van der Waals surface area contributed by atoms with Crippen molar-refractivity contribution in [3.8, 4) is 0 Å². The standard InChI is InChI=1S/C20H30BClN4O3/c22-20-10-7-19(8-11-20,9-12-20)15-5-3-14(4-6-15)17(27)26-16(21(28)29)2-1-13-25-18(23)24/h3-6,16,28-29H,1-2,7-13H2,(H,26,27)(H4,23,24,25)/t16-,19?,20?/m0/s1. The van der Waals surface area contributed by atoms with Gasteiger partial charge in [0.1, 0.15) is 0 Å². The number of amides is 1. The summed E-state index contributed by atoms with van der Waals surface area (Å²) in [5.74, 6) is -1.13. The molecule has 0 spiro atoms. The molecular formula is C20H30BClN4O3. The van der Waals surface area contributed by atoms with Crippen LogP contribution in [0.15, 0.2) is 29.3 Å². The van der Waals surface area contributed by atoms with Crippen LogP contribution in [0.2, 0.25) is 0 Å². The van der Waals surface area contributed by atoms with E-state index in [-0.39, 0.29) is 22.2 Å². The summed E-state index contributed by atoms with van der Waals surface area (Å²) in [6, 6.07) is 7.70. The van der Waals surface area contributed by atoms with Gasteiger partial charge < -0.3 is 26.8 Å². The minimum atomic E-state index is -1.66. The molecule has 3 aliphatic carbocycles. The number of benzene rings is 1. The Morgan fingerprint density at radius 2 is 1.72 bits per heavy atom. The monoisotopic (exact) mass is 420 g/mol. The molecule has 1 aromatic rings. The summed E-state index contributed by atoms with van der Waals surface area (Å²) in [5, 5.41) is 21.8. The number of hydrogen-bond acceptors (Lipinski definition) is 4. The normalized spacial score (nSPS) is 26.6. The van der Waals surface area contributed by atoms with E-state index in [1.807, 2.05) is 24.3 Å². The lowest BCUT2D eigenvalue weighted by molar-refractivity contribution is 0.0940. The van der Waals surface area contributed by atoms with Gasteiger partial charge in [-0.1, -0.05) is 12.1 Å². The number of halogens is 1. The van der Waals surface area contributed by atoms with Crippen molar-refractivity contribution in [1.29, 1.82) is 0 Å². The fourth-order valence-corrected chi connectivity index (χ4v) is 4.90. The van der Waals surface area contributed by atoms with Crippen molar-refractivity contribution in [3.63, 3.8) is 0 Å². The smallest absolute Gasteiger partial charge is 0.426 e. The maximum Gasteiger partial charge on any atom is 0.475 e. The maximum absolute atomic E-state index is 12.6.